The zero-order valence-corrected chi connectivity index (χ0v) is 10.1. The summed E-state index contributed by atoms with van der Waals surface area (Å²) >= 11 is 0. The van der Waals surface area contributed by atoms with Crippen LogP contribution in [0.4, 0.5) is 0 Å². The van der Waals surface area contributed by atoms with Gasteiger partial charge in [-0.05, 0) is 24.6 Å². The van der Waals surface area contributed by atoms with Crippen molar-refractivity contribution in [3.8, 4) is 11.5 Å². The Bertz CT molecular complexity index is 393. The van der Waals surface area contributed by atoms with E-state index in [9.17, 15) is 4.79 Å². The fourth-order valence-electron chi connectivity index (χ4n) is 1.53. The molecular weight excluding hydrogens is 220 g/mol. The molecule has 17 heavy (non-hydrogen) atoms. The number of primary amides is 1. The smallest absolute Gasteiger partial charge is 0.219 e. The van der Waals surface area contributed by atoms with E-state index in [2.05, 4.69) is 0 Å². The lowest BCUT2D eigenvalue weighted by Gasteiger charge is -2.14. The van der Waals surface area contributed by atoms with Crippen molar-refractivity contribution in [2.45, 2.75) is 19.4 Å². The standard InChI is InChI=1S/C12H18N2O3/c1-3-17-11-6-8(4-5-10(11)16-2)9(13)7-12(14)15/h4-6,9H,3,7,13H2,1-2H3,(H2,14,15). The summed E-state index contributed by atoms with van der Waals surface area (Å²) in [6.45, 7) is 2.42. The molecule has 1 aromatic rings. The molecule has 0 spiro atoms. The predicted molar refractivity (Wildman–Crippen MR) is 64.9 cm³/mol. The SMILES string of the molecule is CCOc1cc(C(N)CC(N)=O)ccc1OC. The van der Waals surface area contributed by atoms with Gasteiger partial charge in [0.1, 0.15) is 0 Å². The van der Waals surface area contributed by atoms with Crippen LogP contribution < -0.4 is 20.9 Å². The molecule has 0 heterocycles. The molecule has 1 atom stereocenters. The first-order chi connectivity index (χ1) is 8.08. The summed E-state index contributed by atoms with van der Waals surface area (Å²) < 4.78 is 10.6. The Hall–Kier alpha value is -1.75. The summed E-state index contributed by atoms with van der Waals surface area (Å²) in [5.41, 5.74) is 11.8. The highest BCUT2D eigenvalue weighted by molar-refractivity contribution is 5.74. The van der Waals surface area contributed by atoms with Crippen LogP contribution in [0.2, 0.25) is 0 Å². The van der Waals surface area contributed by atoms with Gasteiger partial charge in [0, 0.05) is 12.5 Å². The van der Waals surface area contributed by atoms with E-state index < -0.39 is 11.9 Å². The Morgan fingerprint density at radius 3 is 2.65 bits per heavy atom. The number of carbonyl (C=O) groups is 1. The first-order valence-electron chi connectivity index (χ1n) is 5.43. The molecule has 4 N–H and O–H groups in total. The molecule has 5 nitrogen and oxygen atoms in total. The summed E-state index contributed by atoms with van der Waals surface area (Å²) in [4.78, 5) is 10.8. The Kier molecular flexibility index (Phi) is 4.78. The summed E-state index contributed by atoms with van der Waals surface area (Å²) in [7, 11) is 1.57. The zero-order chi connectivity index (χ0) is 12.8. The van der Waals surface area contributed by atoms with Crippen molar-refractivity contribution in [2.24, 2.45) is 11.5 Å². The molecule has 94 valence electrons. The topological polar surface area (TPSA) is 87.6 Å². The van der Waals surface area contributed by atoms with Crippen LogP contribution in [0.15, 0.2) is 18.2 Å². The quantitative estimate of drug-likeness (QED) is 0.773. The predicted octanol–water partition coefficient (Wildman–Crippen LogP) is 0.969. The van der Waals surface area contributed by atoms with Gasteiger partial charge in [-0.1, -0.05) is 6.07 Å². The van der Waals surface area contributed by atoms with Crippen molar-refractivity contribution in [1.29, 1.82) is 0 Å². The number of hydrogen-bond donors (Lipinski definition) is 2. The second-order valence-corrected chi connectivity index (χ2v) is 3.62. The maximum absolute atomic E-state index is 10.8. The van der Waals surface area contributed by atoms with E-state index in [0.717, 1.165) is 5.56 Å². The molecule has 0 fully saturated rings. The third-order valence-corrected chi connectivity index (χ3v) is 2.34. The van der Waals surface area contributed by atoms with Gasteiger partial charge in [0.25, 0.3) is 0 Å². The summed E-state index contributed by atoms with van der Waals surface area (Å²) in [6, 6.07) is 4.92. The van der Waals surface area contributed by atoms with Crippen molar-refractivity contribution in [3.05, 3.63) is 23.8 Å². The highest BCUT2D eigenvalue weighted by Gasteiger charge is 2.12. The molecule has 0 saturated heterocycles. The molecule has 1 rings (SSSR count). The van der Waals surface area contributed by atoms with E-state index in [1.807, 2.05) is 6.92 Å². The van der Waals surface area contributed by atoms with Crippen molar-refractivity contribution < 1.29 is 14.3 Å². The van der Waals surface area contributed by atoms with Crippen LogP contribution in [0.1, 0.15) is 24.9 Å². The average molecular weight is 238 g/mol. The Balaban J connectivity index is 2.94. The van der Waals surface area contributed by atoms with E-state index in [4.69, 9.17) is 20.9 Å². The third kappa shape index (κ3) is 3.64. The van der Waals surface area contributed by atoms with Gasteiger partial charge in [-0.15, -0.1) is 0 Å². The van der Waals surface area contributed by atoms with Crippen molar-refractivity contribution in [2.75, 3.05) is 13.7 Å². The molecule has 0 aliphatic rings. The maximum Gasteiger partial charge on any atom is 0.219 e. The molecule has 0 saturated carbocycles. The minimum Gasteiger partial charge on any atom is -0.493 e. The first kappa shape index (κ1) is 13.3. The highest BCUT2D eigenvalue weighted by Crippen LogP contribution is 2.30. The number of amides is 1. The number of carbonyl (C=O) groups excluding carboxylic acids is 1. The van der Waals surface area contributed by atoms with Crippen LogP contribution in [0, 0.1) is 0 Å². The lowest BCUT2D eigenvalue weighted by atomic mass is 10.0. The number of methoxy groups -OCH3 is 1. The number of benzene rings is 1. The van der Waals surface area contributed by atoms with Gasteiger partial charge in [0.2, 0.25) is 5.91 Å². The Labute approximate surface area is 101 Å². The largest absolute Gasteiger partial charge is 0.493 e. The van der Waals surface area contributed by atoms with Crippen LogP contribution in [0.25, 0.3) is 0 Å². The second kappa shape index (κ2) is 6.10. The van der Waals surface area contributed by atoms with Gasteiger partial charge in [-0.25, -0.2) is 0 Å². The van der Waals surface area contributed by atoms with Crippen LogP contribution in [0.5, 0.6) is 11.5 Å². The molecule has 0 aliphatic carbocycles. The lowest BCUT2D eigenvalue weighted by molar-refractivity contribution is -0.118. The number of nitrogens with two attached hydrogens (primary N) is 2. The summed E-state index contributed by atoms with van der Waals surface area (Å²) in [5.74, 6) is 0.834. The lowest BCUT2D eigenvalue weighted by Crippen LogP contribution is -2.20. The molecule has 0 bridgehead atoms. The molecular formula is C12H18N2O3. The van der Waals surface area contributed by atoms with Crippen LogP contribution in [0.3, 0.4) is 0 Å². The fraction of sp³-hybridized carbons (Fsp3) is 0.417. The molecule has 1 aromatic carbocycles. The van der Waals surface area contributed by atoms with Gasteiger partial charge in [0.05, 0.1) is 13.7 Å². The molecule has 0 aromatic heterocycles. The fourth-order valence-corrected chi connectivity index (χ4v) is 1.53. The van der Waals surface area contributed by atoms with Crippen LogP contribution in [-0.2, 0) is 4.79 Å². The Morgan fingerprint density at radius 1 is 1.41 bits per heavy atom. The highest BCUT2D eigenvalue weighted by atomic mass is 16.5. The molecule has 1 amide bonds. The minimum absolute atomic E-state index is 0.109. The van der Waals surface area contributed by atoms with E-state index >= 15 is 0 Å². The maximum atomic E-state index is 10.8. The molecule has 0 aliphatic heterocycles. The van der Waals surface area contributed by atoms with Gasteiger partial charge >= 0.3 is 0 Å². The van der Waals surface area contributed by atoms with Crippen molar-refractivity contribution >= 4 is 5.91 Å². The number of ether oxygens (including phenoxy) is 2. The number of rotatable bonds is 6. The van der Waals surface area contributed by atoms with E-state index in [-0.39, 0.29) is 6.42 Å². The van der Waals surface area contributed by atoms with Crippen LogP contribution >= 0.6 is 0 Å². The van der Waals surface area contributed by atoms with Gasteiger partial charge < -0.3 is 20.9 Å². The molecule has 5 heteroatoms. The first-order valence-corrected chi connectivity index (χ1v) is 5.43. The summed E-state index contributed by atoms with van der Waals surface area (Å²) in [5, 5.41) is 0. The molecule has 1 unspecified atom stereocenters. The van der Waals surface area contributed by atoms with E-state index in [1.165, 1.54) is 0 Å². The summed E-state index contributed by atoms with van der Waals surface area (Å²) in [6.07, 6.45) is 0.109. The van der Waals surface area contributed by atoms with Gasteiger partial charge in [-0.2, -0.15) is 0 Å². The third-order valence-electron chi connectivity index (χ3n) is 2.34. The van der Waals surface area contributed by atoms with E-state index in [1.54, 1.807) is 25.3 Å². The van der Waals surface area contributed by atoms with Crippen molar-refractivity contribution in [1.82, 2.24) is 0 Å². The van der Waals surface area contributed by atoms with Crippen molar-refractivity contribution in [3.63, 3.8) is 0 Å². The number of hydrogen-bond acceptors (Lipinski definition) is 4. The molecule has 0 radical (unpaired) electrons. The minimum atomic E-state index is -0.425. The normalized spacial score (nSPS) is 11.9. The average Bonchev–Trinajstić information content (AvgIpc) is 2.28. The zero-order valence-electron chi connectivity index (χ0n) is 10.1. The van der Waals surface area contributed by atoms with Gasteiger partial charge in [0.15, 0.2) is 11.5 Å². The van der Waals surface area contributed by atoms with Crippen LogP contribution in [-0.4, -0.2) is 19.6 Å². The van der Waals surface area contributed by atoms with Gasteiger partial charge in [-0.3, -0.25) is 4.79 Å². The Morgan fingerprint density at radius 2 is 2.12 bits per heavy atom. The monoisotopic (exact) mass is 238 g/mol. The van der Waals surface area contributed by atoms with E-state index in [0.29, 0.717) is 18.1 Å². The second-order valence-electron chi connectivity index (χ2n) is 3.62.